The first-order valence-electron chi connectivity index (χ1n) is 5.70. The highest BCUT2D eigenvalue weighted by molar-refractivity contribution is 5.85. The van der Waals surface area contributed by atoms with Gasteiger partial charge in [0.1, 0.15) is 0 Å². The number of fused-ring (bicyclic) bond motifs is 1. The van der Waals surface area contributed by atoms with Gasteiger partial charge in [0.2, 0.25) is 0 Å². The number of hydrogen-bond donors (Lipinski definition) is 1. The normalized spacial score (nSPS) is 14.7. The van der Waals surface area contributed by atoms with Gasteiger partial charge in [-0.2, -0.15) is 0 Å². The van der Waals surface area contributed by atoms with Crippen LogP contribution in [0.1, 0.15) is 30.9 Å². The van der Waals surface area contributed by atoms with E-state index in [1.165, 1.54) is 32.2 Å². The lowest BCUT2D eigenvalue weighted by atomic mass is 10.1. The van der Waals surface area contributed by atoms with Crippen molar-refractivity contribution in [2.24, 2.45) is 0 Å². The monoisotopic (exact) mass is 225 g/mol. The molecule has 15 heavy (non-hydrogen) atoms. The van der Waals surface area contributed by atoms with Crippen LogP contribution in [-0.2, 0) is 12.8 Å². The molecule has 0 heterocycles. The first-order valence-corrected chi connectivity index (χ1v) is 5.70. The van der Waals surface area contributed by atoms with E-state index in [0.717, 1.165) is 0 Å². The summed E-state index contributed by atoms with van der Waals surface area (Å²) in [5.74, 6) is 0. The van der Waals surface area contributed by atoms with Gasteiger partial charge in [-0.05, 0) is 36.9 Å². The fourth-order valence-corrected chi connectivity index (χ4v) is 2.19. The fraction of sp³-hybridized carbons (Fsp3) is 0.538. The van der Waals surface area contributed by atoms with E-state index < -0.39 is 0 Å². The molecule has 0 saturated heterocycles. The maximum absolute atomic E-state index is 3.63. The predicted molar refractivity (Wildman–Crippen MR) is 67.8 cm³/mol. The lowest BCUT2D eigenvalue weighted by Gasteiger charge is -2.10. The molecule has 2 heteroatoms. The molecule has 0 spiro atoms. The first kappa shape index (κ1) is 12.5. The molecular formula is C13H20ClN. The van der Waals surface area contributed by atoms with Crippen molar-refractivity contribution in [1.29, 1.82) is 0 Å². The Bertz CT molecular complexity index is 273. The Morgan fingerprint density at radius 3 is 2.33 bits per heavy atom. The third kappa shape index (κ3) is 3.22. The Hall–Kier alpha value is -0.530. The zero-order chi connectivity index (χ0) is 9.80. The van der Waals surface area contributed by atoms with E-state index in [4.69, 9.17) is 0 Å². The molecule has 1 N–H and O–H groups in total. The van der Waals surface area contributed by atoms with E-state index in [-0.39, 0.29) is 12.4 Å². The second kappa shape index (κ2) is 6.14. The molecule has 0 radical (unpaired) electrons. The van der Waals surface area contributed by atoms with E-state index in [1.54, 1.807) is 11.1 Å². The van der Waals surface area contributed by atoms with Crippen molar-refractivity contribution in [2.45, 2.75) is 38.6 Å². The van der Waals surface area contributed by atoms with E-state index in [0.29, 0.717) is 6.04 Å². The van der Waals surface area contributed by atoms with Crippen molar-refractivity contribution in [3.8, 4) is 0 Å². The molecule has 0 aliphatic heterocycles. The minimum Gasteiger partial charge on any atom is -0.313 e. The SMILES string of the molecule is CCCCNC1Cc2ccccc2C1.Cl. The van der Waals surface area contributed by atoms with Crippen LogP contribution in [0.25, 0.3) is 0 Å². The summed E-state index contributed by atoms with van der Waals surface area (Å²) < 4.78 is 0. The average molecular weight is 226 g/mol. The zero-order valence-corrected chi connectivity index (χ0v) is 10.1. The highest BCUT2D eigenvalue weighted by atomic mass is 35.5. The first-order chi connectivity index (χ1) is 6.90. The summed E-state index contributed by atoms with van der Waals surface area (Å²) in [6.45, 7) is 3.42. The standard InChI is InChI=1S/C13H19N.ClH/c1-2-3-8-14-13-9-11-6-4-5-7-12(11)10-13;/h4-7,13-14H,2-3,8-10H2,1H3;1H. The number of rotatable bonds is 4. The summed E-state index contributed by atoms with van der Waals surface area (Å²) >= 11 is 0. The molecule has 0 amide bonds. The van der Waals surface area contributed by atoms with Crippen LogP contribution in [0, 0.1) is 0 Å². The summed E-state index contributed by atoms with van der Waals surface area (Å²) in [5, 5.41) is 3.63. The van der Waals surface area contributed by atoms with E-state index in [2.05, 4.69) is 36.5 Å². The topological polar surface area (TPSA) is 12.0 Å². The van der Waals surface area contributed by atoms with Crippen molar-refractivity contribution in [3.63, 3.8) is 0 Å². The number of unbranched alkanes of at least 4 members (excludes halogenated alkanes) is 1. The van der Waals surface area contributed by atoms with Crippen molar-refractivity contribution >= 4 is 12.4 Å². The maximum atomic E-state index is 3.63. The molecule has 0 fully saturated rings. The fourth-order valence-electron chi connectivity index (χ4n) is 2.19. The third-order valence-corrected chi connectivity index (χ3v) is 3.01. The van der Waals surface area contributed by atoms with Crippen LogP contribution in [0.4, 0.5) is 0 Å². The van der Waals surface area contributed by atoms with Gasteiger partial charge in [-0.3, -0.25) is 0 Å². The summed E-state index contributed by atoms with van der Waals surface area (Å²) in [7, 11) is 0. The smallest absolute Gasteiger partial charge is 0.0148 e. The highest BCUT2D eigenvalue weighted by Gasteiger charge is 2.19. The molecular weight excluding hydrogens is 206 g/mol. The largest absolute Gasteiger partial charge is 0.313 e. The van der Waals surface area contributed by atoms with Crippen molar-refractivity contribution in [2.75, 3.05) is 6.54 Å². The van der Waals surface area contributed by atoms with Gasteiger partial charge < -0.3 is 5.32 Å². The molecule has 0 atom stereocenters. The molecule has 0 aromatic heterocycles. The Kier molecular flexibility index (Phi) is 5.13. The van der Waals surface area contributed by atoms with Gasteiger partial charge in [-0.1, -0.05) is 37.6 Å². The molecule has 84 valence electrons. The third-order valence-electron chi connectivity index (χ3n) is 3.01. The van der Waals surface area contributed by atoms with Crippen LogP contribution in [-0.4, -0.2) is 12.6 Å². The highest BCUT2D eigenvalue weighted by Crippen LogP contribution is 2.21. The van der Waals surface area contributed by atoms with Gasteiger partial charge >= 0.3 is 0 Å². The minimum atomic E-state index is 0. The van der Waals surface area contributed by atoms with Crippen LogP contribution in [0.3, 0.4) is 0 Å². The Morgan fingerprint density at radius 1 is 1.20 bits per heavy atom. The average Bonchev–Trinajstić information content (AvgIpc) is 2.60. The summed E-state index contributed by atoms with van der Waals surface area (Å²) in [4.78, 5) is 0. The van der Waals surface area contributed by atoms with Crippen LogP contribution in [0.15, 0.2) is 24.3 Å². The second-order valence-corrected chi connectivity index (χ2v) is 4.18. The molecule has 1 nitrogen and oxygen atoms in total. The van der Waals surface area contributed by atoms with Crippen molar-refractivity contribution in [1.82, 2.24) is 5.32 Å². The molecule has 0 saturated carbocycles. The lowest BCUT2D eigenvalue weighted by Crippen LogP contribution is -2.30. The van der Waals surface area contributed by atoms with Gasteiger partial charge in [0, 0.05) is 6.04 Å². The van der Waals surface area contributed by atoms with Gasteiger partial charge in [-0.25, -0.2) is 0 Å². The van der Waals surface area contributed by atoms with Gasteiger partial charge in [0.25, 0.3) is 0 Å². The molecule has 2 rings (SSSR count). The van der Waals surface area contributed by atoms with Crippen LogP contribution >= 0.6 is 12.4 Å². The van der Waals surface area contributed by atoms with Crippen LogP contribution < -0.4 is 5.32 Å². The summed E-state index contributed by atoms with van der Waals surface area (Å²) in [6, 6.07) is 9.51. The Morgan fingerprint density at radius 2 is 1.80 bits per heavy atom. The Balaban J connectivity index is 0.00000112. The number of halogens is 1. The lowest BCUT2D eigenvalue weighted by molar-refractivity contribution is 0.520. The zero-order valence-electron chi connectivity index (χ0n) is 9.33. The molecule has 1 aromatic rings. The molecule has 0 bridgehead atoms. The van der Waals surface area contributed by atoms with E-state index in [1.807, 2.05) is 0 Å². The number of nitrogens with one attached hydrogen (secondary N) is 1. The number of benzene rings is 1. The quantitative estimate of drug-likeness (QED) is 0.777. The van der Waals surface area contributed by atoms with Crippen LogP contribution in [0.2, 0.25) is 0 Å². The second-order valence-electron chi connectivity index (χ2n) is 4.18. The molecule has 0 unspecified atom stereocenters. The minimum absolute atomic E-state index is 0. The Labute approximate surface area is 98.7 Å². The van der Waals surface area contributed by atoms with Crippen molar-refractivity contribution < 1.29 is 0 Å². The van der Waals surface area contributed by atoms with Crippen molar-refractivity contribution in [3.05, 3.63) is 35.4 Å². The maximum Gasteiger partial charge on any atom is 0.0148 e. The number of hydrogen-bond acceptors (Lipinski definition) is 1. The summed E-state index contributed by atoms with van der Waals surface area (Å²) in [5.41, 5.74) is 3.09. The molecule has 1 aromatic carbocycles. The van der Waals surface area contributed by atoms with Gasteiger partial charge in [0.15, 0.2) is 0 Å². The van der Waals surface area contributed by atoms with Gasteiger partial charge in [0.05, 0.1) is 0 Å². The molecule has 1 aliphatic carbocycles. The van der Waals surface area contributed by atoms with Gasteiger partial charge in [-0.15, -0.1) is 12.4 Å². The summed E-state index contributed by atoms with van der Waals surface area (Å²) in [6.07, 6.45) is 5.03. The van der Waals surface area contributed by atoms with E-state index in [9.17, 15) is 0 Å². The molecule has 1 aliphatic rings. The van der Waals surface area contributed by atoms with E-state index >= 15 is 0 Å². The predicted octanol–water partition coefficient (Wildman–Crippen LogP) is 2.97. The van der Waals surface area contributed by atoms with Crippen LogP contribution in [0.5, 0.6) is 0 Å².